The highest BCUT2D eigenvalue weighted by atomic mass is 15.1. The van der Waals surface area contributed by atoms with Crippen LogP contribution in [0.25, 0.3) is 0 Å². The first-order chi connectivity index (χ1) is 8.06. The Morgan fingerprint density at radius 3 is 2.35 bits per heavy atom. The van der Waals surface area contributed by atoms with E-state index in [0.717, 1.165) is 18.4 Å². The zero-order valence-corrected chi connectivity index (χ0v) is 12.8. The van der Waals surface area contributed by atoms with Gasteiger partial charge in [-0.3, -0.25) is 0 Å². The molecular formula is C15H34N2. The molecule has 1 atom stereocenters. The third-order valence-corrected chi connectivity index (χ3v) is 3.27. The van der Waals surface area contributed by atoms with Crippen molar-refractivity contribution in [3.05, 3.63) is 0 Å². The van der Waals surface area contributed by atoms with Crippen LogP contribution in [0.3, 0.4) is 0 Å². The summed E-state index contributed by atoms with van der Waals surface area (Å²) in [6, 6.07) is 0. The zero-order valence-electron chi connectivity index (χ0n) is 12.8. The van der Waals surface area contributed by atoms with Gasteiger partial charge >= 0.3 is 0 Å². The Labute approximate surface area is 109 Å². The quantitative estimate of drug-likeness (QED) is 0.559. The third-order valence-electron chi connectivity index (χ3n) is 3.27. The number of nitrogens with zero attached hydrogens (tertiary/aromatic N) is 1. The summed E-state index contributed by atoms with van der Waals surface area (Å²) in [6.07, 6.45) is 5.32. The lowest BCUT2D eigenvalue weighted by molar-refractivity contribution is 0.276. The lowest BCUT2D eigenvalue weighted by Gasteiger charge is -2.20. The van der Waals surface area contributed by atoms with Gasteiger partial charge in [0.25, 0.3) is 0 Å². The summed E-state index contributed by atoms with van der Waals surface area (Å²) in [5.41, 5.74) is 0. The first kappa shape index (κ1) is 16.9. The molecule has 0 aliphatic carbocycles. The predicted molar refractivity (Wildman–Crippen MR) is 78.5 cm³/mol. The molecule has 2 heteroatoms. The van der Waals surface area contributed by atoms with Crippen molar-refractivity contribution in [2.24, 2.45) is 11.8 Å². The van der Waals surface area contributed by atoms with Gasteiger partial charge in [-0.2, -0.15) is 0 Å². The van der Waals surface area contributed by atoms with Gasteiger partial charge in [0.05, 0.1) is 0 Å². The summed E-state index contributed by atoms with van der Waals surface area (Å²) in [5, 5.41) is 3.50. The van der Waals surface area contributed by atoms with Crippen molar-refractivity contribution in [3.8, 4) is 0 Å². The summed E-state index contributed by atoms with van der Waals surface area (Å²) in [7, 11) is 2.25. The molecule has 0 aromatic heterocycles. The Bertz CT molecular complexity index is 157. The first-order valence-corrected chi connectivity index (χ1v) is 7.45. The summed E-state index contributed by atoms with van der Waals surface area (Å²) < 4.78 is 0. The fraction of sp³-hybridized carbons (Fsp3) is 1.00. The molecule has 0 aromatic carbocycles. The van der Waals surface area contributed by atoms with Crippen molar-refractivity contribution in [3.63, 3.8) is 0 Å². The van der Waals surface area contributed by atoms with Gasteiger partial charge in [0, 0.05) is 6.54 Å². The summed E-state index contributed by atoms with van der Waals surface area (Å²) in [5.74, 6) is 1.62. The standard InChI is InChI=1S/C15H34N2/c1-6-15(4)13-17(5)11-9-7-8-10-16-12-14(2)3/h14-16H,6-13H2,1-5H3. The van der Waals surface area contributed by atoms with Crippen LogP contribution in [0.5, 0.6) is 0 Å². The Morgan fingerprint density at radius 2 is 1.76 bits per heavy atom. The number of rotatable bonds is 11. The molecule has 1 N–H and O–H groups in total. The molecule has 2 nitrogen and oxygen atoms in total. The van der Waals surface area contributed by atoms with E-state index in [-0.39, 0.29) is 0 Å². The van der Waals surface area contributed by atoms with Gasteiger partial charge in [-0.15, -0.1) is 0 Å². The number of nitrogens with one attached hydrogen (secondary N) is 1. The maximum absolute atomic E-state index is 3.50. The number of unbranched alkanes of at least 4 members (excludes halogenated alkanes) is 2. The van der Waals surface area contributed by atoms with Crippen LogP contribution in [0.15, 0.2) is 0 Å². The van der Waals surface area contributed by atoms with Gasteiger partial charge < -0.3 is 10.2 Å². The average molecular weight is 242 g/mol. The van der Waals surface area contributed by atoms with E-state index in [1.54, 1.807) is 0 Å². The summed E-state index contributed by atoms with van der Waals surface area (Å²) >= 11 is 0. The molecule has 0 aliphatic heterocycles. The lowest BCUT2D eigenvalue weighted by Crippen LogP contribution is -2.25. The van der Waals surface area contributed by atoms with Crippen molar-refractivity contribution < 1.29 is 0 Å². The molecule has 1 unspecified atom stereocenters. The van der Waals surface area contributed by atoms with Gasteiger partial charge in [0.15, 0.2) is 0 Å². The topological polar surface area (TPSA) is 15.3 Å². The van der Waals surface area contributed by atoms with Gasteiger partial charge in [-0.05, 0) is 51.4 Å². The molecule has 0 aliphatic rings. The normalized spacial score (nSPS) is 13.6. The molecule has 0 rings (SSSR count). The van der Waals surface area contributed by atoms with E-state index in [1.807, 2.05) is 0 Å². The Morgan fingerprint density at radius 1 is 1.06 bits per heavy atom. The highest BCUT2D eigenvalue weighted by molar-refractivity contribution is 4.58. The lowest BCUT2D eigenvalue weighted by atomic mass is 10.1. The zero-order chi connectivity index (χ0) is 13.1. The van der Waals surface area contributed by atoms with Crippen molar-refractivity contribution in [2.45, 2.75) is 53.4 Å². The van der Waals surface area contributed by atoms with E-state index in [0.29, 0.717) is 0 Å². The molecule has 0 saturated carbocycles. The van der Waals surface area contributed by atoms with Crippen LogP contribution in [0.4, 0.5) is 0 Å². The Balaban J connectivity index is 3.22. The van der Waals surface area contributed by atoms with Crippen molar-refractivity contribution in [2.75, 3.05) is 33.2 Å². The predicted octanol–water partition coefficient (Wildman–Crippen LogP) is 3.38. The van der Waals surface area contributed by atoms with Crippen molar-refractivity contribution in [1.29, 1.82) is 0 Å². The van der Waals surface area contributed by atoms with Gasteiger partial charge in [-0.25, -0.2) is 0 Å². The molecule has 0 aromatic rings. The monoisotopic (exact) mass is 242 g/mol. The second kappa shape index (κ2) is 11.0. The highest BCUT2D eigenvalue weighted by Crippen LogP contribution is 2.04. The average Bonchev–Trinajstić information content (AvgIpc) is 2.27. The summed E-state index contributed by atoms with van der Waals surface area (Å²) in [4.78, 5) is 2.48. The molecule has 17 heavy (non-hydrogen) atoms. The van der Waals surface area contributed by atoms with Gasteiger partial charge in [0.1, 0.15) is 0 Å². The van der Waals surface area contributed by atoms with E-state index in [2.05, 4.69) is 45.0 Å². The molecule has 0 bridgehead atoms. The SMILES string of the molecule is CCC(C)CN(C)CCCCCNCC(C)C. The van der Waals surface area contributed by atoms with E-state index >= 15 is 0 Å². The van der Waals surface area contributed by atoms with Crippen LogP contribution in [-0.2, 0) is 0 Å². The van der Waals surface area contributed by atoms with E-state index in [4.69, 9.17) is 0 Å². The fourth-order valence-electron chi connectivity index (χ4n) is 1.95. The van der Waals surface area contributed by atoms with Crippen LogP contribution < -0.4 is 5.32 Å². The molecular weight excluding hydrogens is 208 g/mol. The minimum atomic E-state index is 0.775. The second-order valence-electron chi connectivity index (χ2n) is 5.93. The van der Waals surface area contributed by atoms with Crippen molar-refractivity contribution >= 4 is 0 Å². The maximum atomic E-state index is 3.50. The van der Waals surface area contributed by atoms with Gasteiger partial charge in [-0.1, -0.05) is 40.5 Å². The third kappa shape index (κ3) is 12.2. The van der Waals surface area contributed by atoms with Crippen LogP contribution in [-0.4, -0.2) is 38.1 Å². The minimum absolute atomic E-state index is 0.775. The molecule has 0 saturated heterocycles. The van der Waals surface area contributed by atoms with E-state index in [9.17, 15) is 0 Å². The fourth-order valence-corrected chi connectivity index (χ4v) is 1.95. The number of hydrogen-bond acceptors (Lipinski definition) is 2. The molecule has 0 amide bonds. The van der Waals surface area contributed by atoms with Crippen LogP contribution in [0.1, 0.15) is 53.4 Å². The summed E-state index contributed by atoms with van der Waals surface area (Å²) in [6.45, 7) is 14.0. The first-order valence-electron chi connectivity index (χ1n) is 7.45. The minimum Gasteiger partial charge on any atom is -0.316 e. The van der Waals surface area contributed by atoms with Crippen LogP contribution in [0.2, 0.25) is 0 Å². The Kier molecular flexibility index (Phi) is 11.0. The van der Waals surface area contributed by atoms with Crippen LogP contribution in [0, 0.1) is 11.8 Å². The highest BCUT2D eigenvalue weighted by Gasteiger charge is 2.03. The molecule has 104 valence electrons. The van der Waals surface area contributed by atoms with Crippen LogP contribution >= 0.6 is 0 Å². The number of hydrogen-bond donors (Lipinski definition) is 1. The molecule has 0 heterocycles. The Hall–Kier alpha value is -0.0800. The maximum Gasteiger partial charge on any atom is 0.000387 e. The second-order valence-corrected chi connectivity index (χ2v) is 5.93. The largest absolute Gasteiger partial charge is 0.316 e. The van der Waals surface area contributed by atoms with Crippen molar-refractivity contribution in [1.82, 2.24) is 10.2 Å². The molecule has 0 fully saturated rings. The van der Waals surface area contributed by atoms with E-state index < -0.39 is 0 Å². The smallest absolute Gasteiger partial charge is 0.000387 e. The molecule has 0 radical (unpaired) electrons. The van der Waals surface area contributed by atoms with E-state index in [1.165, 1.54) is 45.3 Å². The van der Waals surface area contributed by atoms with Gasteiger partial charge in [0.2, 0.25) is 0 Å². The molecule has 0 spiro atoms.